The maximum absolute atomic E-state index is 13.0. The van der Waals surface area contributed by atoms with Gasteiger partial charge in [-0.25, -0.2) is 0 Å². The summed E-state index contributed by atoms with van der Waals surface area (Å²) in [4.78, 5) is 30.8. The highest BCUT2D eigenvalue weighted by Crippen LogP contribution is 2.35. The van der Waals surface area contributed by atoms with Crippen molar-refractivity contribution in [3.05, 3.63) is 58.9 Å². The Hall–Kier alpha value is -2.60. The van der Waals surface area contributed by atoms with Gasteiger partial charge < -0.3 is 15.4 Å². The third kappa shape index (κ3) is 4.81. The first-order valence-electron chi connectivity index (χ1n) is 9.26. The fourth-order valence-corrected chi connectivity index (χ4v) is 3.92. The molecule has 3 rings (SSSR count). The number of amides is 2. The lowest BCUT2D eigenvalue weighted by Gasteiger charge is -2.42. The number of nitrogens with zero attached hydrogens (tertiary/aromatic N) is 2. The largest absolute Gasteiger partial charge is 0.493 e. The lowest BCUT2D eigenvalue weighted by Crippen LogP contribution is -2.50. The molecule has 2 heterocycles. The number of hydrogen-bond donors (Lipinski definition) is 1. The number of aryl methyl sites for hydroxylation is 1. The Bertz CT molecular complexity index is 873. The maximum atomic E-state index is 13.0. The Kier molecular flexibility index (Phi) is 6.19. The molecule has 2 N–H and O–H groups in total. The zero-order chi connectivity index (χ0) is 20.1. The van der Waals surface area contributed by atoms with Gasteiger partial charge in [-0.1, -0.05) is 17.7 Å². The number of pyridine rings is 1. The molecule has 0 unspecified atom stereocenters. The van der Waals surface area contributed by atoms with Gasteiger partial charge in [0, 0.05) is 41.8 Å². The molecule has 0 saturated carbocycles. The Morgan fingerprint density at radius 2 is 2.14 bits per heavy atom. The SMILES string of the molecule is Cc1ncccc1C(=O)N1CCC[C@@](COc2cccc(Cl)c2)(CC(N)=O)C1. The fourth-order valence-electron chi connectivity index (χ4n) is 3.74. The number of halogens is 1. The Labute approximate surface area is 169 Å². The summed E-state index contributed by atoms with van der Waals surface area (Å²) >= 11 is 6.02. The Balaban J connectivity index is 1.79. The van der Waals surface area contributed by atoms with Crippen molar-refractivity contribution in [1.82, 2.24) is 9.88 Å². The van der Waals surface area contributed by atoms with Crippen LogP contribution in [0.25, 0.3) is 0 Å². The molecule has 1 aromatic heterocycles. The van der Waals surface area contributed by atoms with Crippen LogP contribution in [0.5, 0.6) is 5.75 Å². The highest BCUT2D eigenvalue weighted by molar-refractivity contribution is 6.30. The number of benzene rings is 1. The second-order valence-electron chi connectivity index (χ2n) is 7.36. The first-order valence-corrected chi connectivity index (χ1v) is 9.64. The van der Waals surface area contributed by atoms with Crippen LogP contribution in [0.3, 0.4) is 0 Å². The molecule has 148 valence electrons. The number of carbonyl (C=O) groups excluding carboxylic acids is 2. The van der Waals surface area contributed by atoms with E-state index in [1.807, 2.05) is 13.0 Å². The number of hydrogen-bond acceptors (Lipinski definition) is 4. The van der Waals surface area contributed by atoms with Gasteiger partial charge in [-0.05, 0) is 50.1 Å². The van der Waals surface area contributed by atoms with Crippen molar-refractivity contribution in [1.29, 1.82) is 0 Å². The molecule has 0 aliphatic carbocycles. The van der Waals surface area contributed by atoms with Crippen LogP contribution in [0.4, 0.5) is 0 Å². The number of piperidine rings is 1. The molecule has 7 heteroatoms. The number of nitrogens with two attached hydrogens (primary N) is 1. The van der Waals surface area contributed by atoms with E-state index in [-0.39, 0.29) is 18.9 Å². The van der Waals surface area contributed by atoms with Gasteiger partial charge in [-0.3, -0.25) is 14.6 Å². The predicted octanol–water partition coefficient (Wildman–Crippen LogP) is 3.22. The molecule has 1 aliphatic rings. The summed E-state index contributed by atoms with van der Waals surface area (Å²) in [6, 6.07) is 10.6. The van der Waals surface area contributed by atoms with Crippen molar-refractivity contribution in [3.8, 4) is 5.75 Å². The van der Waals surface area contributed by atoms with Gasteiger partial charge in [0.2, 0.25) is 5.91 Å². The standard InChI is InChI=1S/C21H24ClN3O3/c1-15-18(7-3-9-24-15)20(27)25-10-4-8-21(13-25,12-19(23)26)14-28-17-6-2-5-16(22)11-17/h2-3,5-7,9,11H,4,8,10,12-14H2,1H3,(H2,23,26)/t21-/m1/s1. The topological polar surface area (TPSA) is 85.5 Å². The van der Waals surface area contributed by atoms with Gasteiger partial charge in [0.25, 0.3) is 5.91 Å². The molecule has 1 saturated heterocycles. The minimum absolute atomic E-state index is 0.0816. The summed E-state index contributed by atoms with van der Waals surface area (Å²) in [5.41, 5.74) is 6.27. The monoisotopic (exact) mass is 401 g/mol. The van der Waals surface area contributed by atoms with E-state index in [2.05, 4.69) is 4.98 Å². The van der Waals surface area contributed by atoms with Crippen molar-refractivity contribution >= 4 is 23.4 Å². The van der Waals surface area contributed by atoms with Crippen LogP contribution in [0.2, 0.25) is 5.02 Å². The minimum atomic E-state index is -0.530. The number of likely N-dealkylation sites (tertiary alicyclic amines) is 1. The molecule has 1 aromatic carbocycles. The van der Waals surface area contributed by atoms with Crippen LogP contribution < -0.4 is 10.5 Å². The average molecular weight is 402 g/mol. The molecular formula is C21H24ClN3O3. The zero-order valence-corrected chi connectivity index (χ0v) is 16.6. The molecule has 1 aliphatic heterocycles. The summed E-state index contributed by atoms with van der Waals surface area (Å²) in [6.07, 6.45) is 3.35. The summed E-state index contributed by atoms with van der Waals surface area (Å²) < 4.78 is 5.95. The van der Waals surface area contributed by atoms with E-state index >= 15 is 0 Å². The van der Waals surface area contributed by atoms with E-state index in [0.717, 1.165) is 12.8 Å². The van der Waals surface area contributed by atoms with Crippen molar-refractivity contribution in [2.45, 2.75) is 26.2 Å². The molecule has 6 nitrogen and oxygen atoms in total. The summed E-state index contributed by atoms with van der Waals surface area (Å²) in [7, 11) is 0. The average Bonchev–Trinajstić information content (AvgIpc) is 2.66. The lowest BCUT2D eigenvalue weighted by molar-refractivity contribution is -0.122. The minimum Gasteiger partial charge on any atom is -0.493 e. The van der Waals surface area contributed by atoms with Crippen molar-refractivity contribution in [3.63, 3.8) is 0 Å². The van der Waals surface area contributed by atoms with E-state index < -0.39 is 11.3 Å². The van der Waals surface area contributed by atoms with Crippen LogP contribution in [0, 0.1) is 12.3 Å². The molecule has 2 aromatic rings. The zero-order valence-electron chi connectivity index (χ0n) is 15.9. The second-order valence-corrected chi connectivity index (χ2v) is 7.79. The Morgan fingerprint density at radius 3 is 2.86 bits per heavy atom. The number of carbonyl (C=O) groups is 2. The van der Waals surface area contributed by atoms with Gasteiger partial charge in [0.05, 0.1) is 12.2 Å². The quantitative estimate of drug-likeness (QED) is 0.805. The van der Waals surface area contributed by atoms with Gasteiger partial charge in [0.1, 0.15) is 5.75 Å². The number of rotatable bonds is 6. The van der Waals surface area contributed by atoms with Crippen molar-refractivity contribution < 1.29 is 14.3 Å². The van der Waals surface area contributed by atoms with Gasteiger partial charge >= 0.3 is 0 Å². The van der Waals surface area contributed by atoms with E-state index in [1.54, 1.807) is 41.4 Å². The molecule has 0 radical (unpaired) electrons. The van der Waals surface area contributed by atoms with Crippen LogP contribution in [-0.4, -0.2) is 41.4 Å². The van der Waals surface area contributed by atoms with E-state index in [0.29, 0.717) is 35.1 Å². The molecule has 2 amide bonds. The van der Waals surface area contributed by atoms with E-state index in [9.17, 15) is 9.59 Å². The third-order valence-electron chi connectivity index (χ3n) is 5.08. The predicted molar refractivity (Wildman–Crippen MR) is 107 cm³/mol. The van der Waals surface area contributed by atoms with Gasteiger partial charge in [-0.15, -0.1) is 0 Å². The summed E-state index contributed by atoms with van der Waals surface area (Å²) in [6.45, 7) is 3.14. The first-order chi connectivity index (χ1) is 13.4. The molecule has 1 atom stereocenters. The number of ether oxygens (including phenoxy) is 1. The third-order valence-corrected chi connectivity index (χ3v) is 5.31. The van der Waals surface area contributed by atoms with Crippen LogP contribution >= 0.6 is 11.6 Å². The maximum Gasteiger partial charge on any atom is 0.255 e. The first kappa shape index (κ1) is 20.1. The van der Waals surface area contributed by atoms with Gasteiger partial charge in [0.15, 0.2) is 0 Å². The fraction of sp³-hybridized carbons (Fsp3) is 0.381. The smallest absolute Gasteiger partial charge is 0.255 e. The van der Waals surface area contributed by atoms with Crippen LogP contribution in [0.15, 0.2) is 42.6 Å². The molecule has 1 fully saturated rings. The van der Waals surface area contributed by atoms with E-state index in [1.165, 1.54) is 0 Å². The second kappa shape index (κ2) is 8.61. The Morgan fingerprint density at radius 1 is 1.32 bits per heavy atom. The highest BCUT2D eigenvalue weighted by Gasteiger charge is 2.40. The molecule has 0 spiro atoms. The lowest BCUT2D eigenvalue weighted by atomic mass is 9.77. The van der Waals surface area contributed by atoms with Crippen molar-refractivity contribution in [2.75, 3.05) is 19.7 Å². The molecular weight excluding hydrogens is 378 g/mol. The number of primary amides is 1. The van der Waals surface area contributed by atoms with Crippen LogP contribution in [-0.2, 0) is 4.79 Å². The highest BCUT2D eigenvalue weighted by atomic mass is 35.5. The molecule has 0 bridgehead atoms. The van der Waals surface area contributed by atoms with Crippen molar-refractivity contribution in [2.24, 2.45) is 11.1 Å². The normalized spacial score (nSPS) is 19.3. The van der Waals surface area contributed by atoms with Gasteiger partial charge in [-0.2, -0.15) is 0 Å². The summed E-state index contributed by atoms with van der Waals surface area (Å²) in [5.74, 6) is 0.145. The van der Waals surface area contributed by atoms with Crippen LogP contribution in [0.1, 0.15) is 35.3 Å². The summed E-state index contributed by atoms with van der Waals surface area (Å²) in [5, 5.41) is 0.578. The van der Waals surface area contributed by atoms with E-state index in [4.69, 9.17) is 22.1 Å². The molecule has 28 heavy (non-hydrogen) atoms. The number of aromatic nitrogens is 1.